The lowest BCUT2D eigenvalue weighted by molar-refractivity contribution is 0.198. The number of nitrogens with one attached hydrogen (secondary N) is 1. The first kappa shape index (κ1) is 13.9. The van der Waals surface area contributed by atoms with E-state index in [1.807, 2.05) is 11.9 Å². The Morgan fingerprint density at radius 1 is 1.24 bits per heavy atom. The van der Waals surface area contributed by atoms with Crippen molar-refractivity contribution in [3.63, 3.8) is 0 Å². The highest BCUT2D eigenvalue weighted by molar-refractivity contribution is 5.21. The molecule has 7 nitrogen and oxygen atoms in total. The second kappa shape index (κ2) is 7.99. The van der Waals surface area contributed by atoms with Gasteiger partial charge in [-0.25, -0.2) is 0 Å². The zero-order chi connectivity index (χ0) is 12.5. The second-order valence-electron chi connectivity index (χ2n) is 3.56. The van der Waals surface area contributed by atoms with Crippen LogP contribution in [0.3, 0.4) is 0 Å². The first-order chi connectivity index (χ1) is 8.27. The molecule has 1 N–H and O–H groups in total. The Balaban J connectivity index is 2.31. The van der Waals surface area contributed by atoms with Crippen LogP contribution < -0.4 is 10.2 Å². The molecule has 0 spiro atoms. The number of aromatic nitrogens is 2. The van der Waals surface area contributed by atoms with E-state index in [-0.39, 0.29) is 0 Å². The van der Waals surface area contributed by atoms with Gasteiger partial charge in [0.15, 0.2) is 0 Å². The molecule has 1 heterocycles. The summed E-state index contributed by atoms with van der Waals surface area (Å²) in [6.07, 6.45) is 0. The molecular formula is C10H20N4O3. The molecule has 0 radical (unpaired) electrons. The Morgan fingerprint density at radius 2 is 2.00 bits per heavy atom. The minimum absolute atomic E-state index is 0.505. The predicted molar refractivity (Wildman–Crippen MR) is 63.0 cm³/mol. The molecule has 0 saturated carbocycles. The monoisotopic (exact) mass is 244 g/mol. The molecular weight excluding hydrogens is 224 g/mol. The van der Waals surface area contributed by atoms with Crippen molar-refractivity contribution in [2.45, 2.75) is 6.54 Å². The summed E-state index contributed by atoms with van der Waals surface area (Å²) in [6.45, 7) is 3.31. The molecule has 17 heavy (non-hydrogen) atoms. The predicted octanol–water partition coefficient (Wildman–Crippen LogP) is -0.112. The molecule has 0 aliphatic rings. The molecule has 0 aliphatic carbocycles. The lowest BCUT2D eigenvalue weighted by atomic mass is 10.6. The molecule has 7 heteroatoms. The molecule has 0 unspecified atom stereocenters. The van der Waals surface area contributed by atoms with Crippen molar-refractivity contribution in [1.82, 2.24) is 15.5 Å². The van der Waals surface area contributed by atoms with Gasteiger partial charge < -0.3 is 24.1 Å². The van der Waals surface area contributed by atoms with Crippen LogP contribution in [0.15, 0.2) is 4.42 Å². The van der Waals surface area contributed by atoms with Gasteiger partial charge in [0.2, 0.25) is 5.89 Å². The first-order valence-electron chi connectivity index (χ1n) is 5.50. The van der Waals surface area contributed by atoms with Crippen molar-refractivity contribution in [1.29, 1.82) is 0 Å². The van der Waals surface area contributed by atoms with Gasteiger partial charge in [0.05, 0.1) is 19.8 Å². The average Bonchev–Trinajstić information content (AvgIpc) is 2.80. The average molecular weight is 244 g/mol. The van der Waals surface area contributed by atoms with Gasteiger partial charge in [-0.15, -0.1) is 5.10 Å². The number of anilines is 1. The quantitative estimate of drug-likeness (QED) is 0.607. The van der Waals surface area contributed by atoms with Gasteiger partial charge >= 0.3 is 6.01 Å². The number of ether oxygens (including phenoxy) is 2. The van der Waals surface area contributed by atoms with E-state index in [0.717, 1.165) is 13.1 Å². The summed E-state index contributed by atoms with van der Waals surface area (Å²) in [6, 6.07) is 0.505. The highest BCUT2D eigenvalue weighted by atomic mass is 16.5. The normalized spacial score (nSPS) is 10.8. The Kier molecular flexibility index (Phi) is 6.53. The number of methoxy groups -OCH3 is 2. The molecule has 0 amide bonds. The van der Waals surface area contributed by atoms with Gasteiger partial charge in [-0.3, -0.25) is 0 Å². The first-order valence-corrected chi connectivity index (χ1v) is 5.50. The van der Waals surface area contributed by atoms with Gasteiger partial charge in [0.1, 0.15) is 0 Å². The van der Waals surface area contributed by atoms with Gasteiger partial charge in [-0.2, -0.15) is 0 Å². The molecule has 0 fully saturated rings. The van der Waals surface area contributed by atoms with Crippen molar-refractivity contribution in [2.75, 3.05) is 52.5 Å². The van der Waals surface area contributed by atoms with E-state index >= 15 is 0 Å². The fourth-order valence-corrected chi connectivity index (χ4v) is 1.16. The Morgan fingerprint density at radius 3 is 2.71 bits per heavy atom. The topological polar surface area (TPSA) is 72.7 Å². The van der Waals surface area contributed by atoms with Crippen LogP contribution in [0.1, 0.15) is 5.89 Å². The van der Waals surface area contributed by atoms with Crippen LogP contribution in [0.2, 0.25) is 0 Å². The number of nitrogens with zero attached hydrogens (tertiary/aromatic N) is 3. The molecule has 1 rings (SSSR count). The van der Waals surface area contributed by atoms with Crippen molar-refractivity contribution in [2.24, 2.45) is 0 Å². The maximum atomic E-state index is 5.47. The van der Waals surface area contributed by atoms with Gasteiger partial charge in [0.25, 0.3) is 0 Å². The molecule has 0 aromatic carbocycles. The number of rotatable bonds is 9. The van der Waals surface area contributed by atoms with E-state index in [0.29, 0.717) is 31.7 Å². The summed E-state index contributed by atoms with van der Waals surface area (Å²) in [5.74, 6) is 0.570. The van der Waals surface area contributed by atoms with E-state index in [1.165, 1.54) is 0 Å². The minimum Gasteiger partial charge on any atom is -0.407 e. The highest BCUT2D eigenvalue weighted by Gasteiger charge is 2.09. The molecule has 98 valence electrons. The second-order valence-corrected chi connectivity index (χ2v) is 3.56. The molecule has 1 aromatic rings. The zero-order valence-electron chi connectivity index (χ0n) is 10.6. The van der Waals surface area contributed by atoms with Crippen molar-refractivity contribution in [3.8, 4) is 0 Å². The van der Waals surface area contributed by atoms with Gasteiger partial charge in [0, 0.05) is 34.4 Å². The van der Waals surface area contributed by atoms with Gasteiger partial charge in [-0.05, 0) is 0 Å². The molecule has 0 aliphatic heterocycles. The largest absolute Gasteiger partial charge is 0.407 e. The van der Waals surface area contributed by atoms with Crippen LogP contribution in [-0.4, -0.2) is 57.8 Å². The van der Waals surface area contributed by atoms with Gasteiger partial charge in [-0.1, -0.05) is 5.10 Å². The van der Waals surface area contributed by atoms with Crippen molar-refractivity contribution in [3.05, 3.63) is 5.89 Å². The minimum atomic E-state index is 0.505. The summed E-state index contributed by atoms with van der Waals surface area (Å²) >= 11 is 0. The molecule has 0 bridgehead atoms. The van der Waals surface area contributed by atoms with Crippen molar-refractivity contribution >= 4 is 6.01 Å². The smallest absolute Gasteiger partial charge is 0.318 e. The standard InChI is InChI=1S/C10H20N4O3/c1-14(5-7-16-3)10-13-12-9(17-10)8-11-4-6-15-2/h11H,4-8H2,1-3H3. The maximum absolute atomic E-state index is 5.47. The fourth-order valence-electron chi connectivity index (χ4n) is 1.16. The lowest BCUT2D eigenvalue weighted by Gasteiger charge is -2.12. The van der Waals surface area contributed by atoms with E-state index in [9.17, 15) is 0 Å². The summed E-state index contributed by atoms with van der Waals surface area (Å²) in [5, 5.41) is 11.0. The van der Waals surface area contributed by atoms with E-state index < -0.39 is 0 Å². The fraction of sp³-hybridized carbons (Fsp3) is 0.800. The Bertz CT molecular complexity index is 305. The van der Waals surface area contributed by atoms with Crippen molar-refractivity contribution < 1.29 is 13.9 Å². The van der Waals surface area contributed by atoms with Crippen LogP contribution in [0.5, 0.6) is 0 Å². The zero-order valence-corrected chi connectivity index (χ0v) is 10.6. The molecule has 0 atom stereocenters. The summed E-state index contributed by atoms with van der Waals surface area (Å²) in [4.78, 5) is 1.86. The van der Waals surface area contributed by atoms with E-state index in [2.05, 4.69) is 15.5 Å². The molecule has 0 saturated heterocycles. The van der Waals surface area contributed by atoms with E-state index in [1.54, 1.807) is 14.2 Å². The summed E-state index contributed by atoms with van der Waals surface area (Å²) in [7, 11) is 5.21. The number of hydrogen-bond donors (Lipinski definition) is 1. The third-order valence-electron chi connectivity index (χ3n) is 2.17. The number of hydrogen-bond acceptors (Lipinski definition) is 7. The van der Waals surface area contributed by atoms with Crippen LogP contribution in [0.4, 0.5) is 6.01 Å². The third-order valence-corrected chi connectivity index (χ3v) is 2.17. The Hall–Kier alpha value is -1.18. The van der Waals surface area contributed by atoms with Crippen LogP contribution in [0.25, 0.3) is 0 Å². The highest BCUT2D eigenvalue weighted by Crippen LogP contribution is 2.09. The lowest BCUT2D eigenvalue weighted by Crippen LogP contribution is -2.22. The van der Waals surface area contributed by atoms with Crippen LogP contribution >= 0.6 is 0 Å². The Labute approximate surface area is 101 Å². The summed E-state index contributed by atoms with van der Waals surface area (Å²) < 4.78 is 15.4. The van der Waals surface area contributed by atoms with Crippen LogP contribution in [0, 0.1) is 0 Å². The SMILES string of the molecule is COCCNCc1nnc(N(C)CCOC)o1. The summed E-state index contributed by atoms with van der Waals surface area (Å²) in [5.41, 5.74) is 0. The third kappa shape index (κ3) is 5.12. The van der Waals surface area contributed by atoms with E-state index in [4.69, 9.17) is 13.9 Å². The molecule has 1 aromatic heterocycles. The maximum Gasteiger partial charge on any atom is 0.318 e. The number of likely N-dealkylation sites (N-methyl/N-ethyl adjacent to an activating group) is 1. The van der Waals surface area contributed by atoms with Crippen LogP contribution in [-0.2, 0) is 16.0 Å².